The molecule has 1 N–H and O–H groups in total. The van der Waals surface area contributed by atoms with Crippen LogP contribution in [0.15, 0.2) is 24.3 Å². The van der Waals surface area contributed by atoms with Crippen LogP contribution in [0.1, 0.15) is 25.3 Å². The zero-order valence-corrected chi connectivity index (χ0v) is 12.8. The van der Waals surface area contributed by atoms with Crippen LogP contribution in [0, 0.1) is 0 Å². The summed E-state index contributed by atoms with van der Waals surface area (Å²) in [6.45, 7) is 7.16. The highest BCUT2D eigenvalue weighted by Gasteiger charge is 2.27. The second kappa shape index (κ2) is 6.15. The first-order chi connectivity index (χ1) is 9.74. The summed E-state index contributed by atoms with van der Waals surface area (Å²) >= 11 is 0. The fourth-order valence-corrected chi connectivity index (χ4v) is 3.78. The maximum atomic E-state index is 3.67. The van der Waals surface area contributed by atoms with Crippen molar-refractivity contribution in [3.05, 3.63) is 29.8 Å². The maximum Gasteiger partial charge on any atom is 0.0373 e. The predicted octanol–water partition coefficient (Wildman–Crippen LogP) is 2.44. The smallest absolute Gasteiger partial charge is 0.0373 e. The summed E-state index contributed by atoms with van der Waals surface area (Å²) in [5, 5.41) is 3.67. The van der Waals surface area contributed by atoms with E-state index in [-0.39, 0.29) is 0 Å². The normalized spacial score (nSPS) is 29.1. The van der Waals surface area contributed by atoms with E-state index in [1.807, 2.05) is 0 Å². The lowest BCUT2D eigenvalue weighted by molar-refractivity contribution is 0.143. The predicted molar refractivity (Wildman–Crippen MR) is 85.3 cm³/mol. The molecule has 2 atom stereocenters. The van der Waals surface area contributed by atoms with Crippen LogP contribution in [0.2, 0.25) is 0 Å². The van der Waals surface area contributed by atoms with Crippen molar-refractivity contribution < 1.29 is 0 Å². The van der Waals surface area contributed by atoms with Crippen molar-refractivity contribution in [3.8, 4) is 0 Å². The molecule has 0 radical (unpaired) electrons. The van der Waals surface area contributed by atoms with Gasteiger partial charge in [0.1, 0.15) is 0 Å². The molecular formula is C17H27N3. The Hall–Kier alpha value is -1.06. The number of anilines is 1. The van der Waals surface area contributed by atoms with Crippen LogP contribution in [-0.2, 0) is 6.42 Å². The first-order valence-electron chi connectivity index (χ1n) is 8.00. The number of rotatable bonds is 1. The fraction of sp³-hybridized carbons (Fsp3) is 0.647. The quantitative estimate of drug-likeness (QED) is 0.848. The molecule has 2 heterocycles. The summed E-state index contributed by atoms with van der Waals surface area (Å²) in [7, 11) is 2.25. The summed E-state index contributed by atoms with van der Waals surface area (Å²) in [6, 6.07) is 10.1. The van der Waals surface area contributed by atoms with E-state index in [0.29, 0.717) is 12.1 Å². The molecular weight excluding hydrogens is 246 g/mol. The molecule has 0 aliphatic carbocycles. The van der Waals surface area contributed by atoms with E-state index in [2.05, 4.69) is 53.4 Å². The Labute approximate surface area is 123 Å². The van der Waals surface area contributed by atoms with Gasteiger partial charge in [0.2, 0.25) is 0 Å². The molecule has 0 amide bonds. The van der Waals surface area contributed by atoms with Crippen molar-refractivity contribution >= 4 is 5.69 Å². The van der Waals surface area contributed by atoms with Gasteiger partial charge in [-0.05, 0) is 51.4 Å². The molecule has 3 rings (SSSR count). The van der Waals surface area contributed by atoms with Crippen molar-refractivity contribution in [3.63, 3.8) is 0 Å². The number of para-hydroxylation sites is 1. The molecule has 1 aromatic carbocycles. The van der Waals surface area contributed by atoms with Crippen LogP contribution in [0.5, 0.6) is 0 Å². The summed E-state index contributed by atoms with van der Waals surface area (Å²) in [4.78, 5) is 5.21. The summed E-state index contributed by atoms with van der Waals surface area (Å²) in [5.41, 5.74) is 2.82. The average Bonchev–Trinajstić information content (AvgIpc) is 2.74. The van der Waals surface area contributed by atoms with E-state index < -0.39 is 0 Å². The number of aryl methyl sites for hydroxylation is 1. The van der Waals surface area contributed by atoms with E-state index in [0.717, 1.165) is 6.54 Å². The molecule has 2 aliphatic rings. The van der Waals surface area contributed by atoms with Gasteiger partial charge in [0.05, 0.1) is 0 Å². The molecule has 110 valence electrons. The second-order valence-corrected chi connectivity index (χ2v) is 6.43. The van der Waals surface area contributed by atoms with Crippen molar-refractivity contribution in [1.82, 2.24) is 9.80 Å². The molecule has 0 bridgehead atoms. The van der Waals surface area contributed by atoms with Gasteiger partial charge in [0.15, 0.2) is 0 Å². The van der Waals surface area contributed by atoms with E-state index in [4.69, 9.17) is 0 Å². The minimum Gasteiger partial charge on any atom is -0.383 e. The molecule has 3 nitrogen and oxygen atoms in total. The van der Waals surface area contributed by atoms with Crippen LogP contribution in [-0.4, -0.2) is 55.1 Å². The number of nitrogens with zero attached hydrogens (tertiary/aromatic N) is 2. The van der Waals surface area contributed by atoms with Crippen molar-refractivity contribution in [2.75, 3.05) is 38.5 Å². The van der Waals surface area contributed by atoms with Gasteiger partial charge in [-0.25, -0.2) is 0 Å². The summed E-state index contributed by atoms with van der Waals surface area (Å²) in [5.74, 6) is 0. The highest BCUT2D eigenvalue weighted by Crippen LogP contribution is 2.24. The van der Waals surface area contributed by atoms with Gasteiger partial charge in [0.25, 0.3) is 0 Å². The largest absolute Gasteiger partial charge is 0.383 e. The fourth-order valence-electron chi connectivity index (χ4n) is 3.78. The Morgan fingerprint density at radius 3 is 2.95 bits per heavy atom. The van der Waals surface area contributed by atoms with Crippen LogP contribution in [0.4, 0.5) is 5.69 Å². The summed E-state index contributed by atoms with van der Waals surface area (Å²) in [6.07, 6.45) is 3.77. The maximum absolute atomic E-state index is 3.67. The first kappa shape index (κ1) is 13.9. The Kier molecular flexibility index (Phi) is 4.27. The summed E-state index contributed by atoms with van der Waals surface area (Å²) < 4.78 is 0. The Bertz CT molecular complexity index is 419. The molecule has 2 aliphatic heterocycles. The monoisotopic (exact) mass is 273 g/mol. The van der Waals surface area contributed by atoms with Crippen molar-refractivity contribution in [1.29, 1.82) is 0 Å². The number of likely N-dealkylation sites (N-methyl/N-ethyl adjacent to an activating group) is 1. The molecule has 20 heavy (non-hydrogen) atoms. The van der Waals surface area contributed by atoms with Gasteiger partial charge in [-0.2, -0.15) is 0 Å². The van der Waals surface area contributed by atoms with Gasteiger partial charge in [-0.15, -0.1) is 0 Å². The van der Waals surface area contributed by atoms with Gasteiger partial charge in [-0.3, -0.25) is 4.90 Å². The highest BCUT2D eigenvalue weighted by atomic mass is 15.3. The molecule has 0 saturated carbocycles. The lowest BCUT2D eigenvalue weighted by Gasteiger charge is -2.35. The van der Waals surface area contributed by atoms with Crippen molar-refractivity contribution in [2.24, 2.45) is 0 Å². The second-order valence-electron chi connectivity index (χ2n) is 6.43. The van der Waals surface area contributed by atoms with Crippen LogP contribution >= 0.6 is 0 Å². The Morgan fingerprint density at radius 2 is 2.05 bits per heavy atom. The van der Waals surface area contributed by atoms with Gasteiger partial charge in [0, 0.05) is 37.4 Å². The van der Waals surface area contributed by atoms with Gasteiger partial charge in [-0.1, -0.05) is 18.2 Å². The number of nitrogens with one attached hydrogen (secondary N) is 1. The van der Waals surface area contributed by atoms with Crippen LogP contribution in [0.25, 0.3) is 0 Å². The molecule has 0 aromatic heterocycles. The van der Waals surface area contributed by atoms with E-state index in [1.165, 1.54) is 50.1 Å². The average molecular weight is 273 g/mol. The molecule has 2 unspecified atom stereocenters. The SMILES string of the molecule is CC1CN(C)CCCN1C1CCc2ccccc2NC1. The van der Waals surface area contributed by atoms with E-state index in [1.54, 1.807) is 0 Å². The van der Waals surface area contributed by atoms with Crippen LogP contribution in [0.3, 0.4) is 0 Å². The number of benzene rings is 1. The van der Waals surface area contributed by atoms with Crippen molar-refractivity contribution in [2.45, 2.75) is 38.3 Å². The molecule has 1 fully saturated rings. The zero-order valence-electron chi connectivity index (χ0n) is 12.8. The van der Waals surface area contributed by atoms with Crippen LogP contribution < -0.4 is 5.32 Å². The zero-order chi connectivity index (χ0) is 13.9. The third-order valence-electron chi connectivity index (χ3n) is 4.86. The molecule has 3 heteroatoms. The highest BCUT2D eigenvalue weighted by molar-refractivity contribution is 5.52. The topological polar surface area (TPSA) is 18.5 Å². The third-order valence-corrected chi connectivity index (χ3v) is 4.86. The Morgan fingerprint density at radius 1 is 1.20 bits per heavy atom. The first-order valence-corrected chi connectivity index (χ1v) is 8.00. The van der Waals surface area contributed by atoms with Gasteiger partial charge < -0.3 is 10.2 Å². The molecule has 1 saturated heterocycles. The van der Waals surface area contributed by atoms with E-state index in [9.17, 15) is 0 Å². The third kappa shape index (κ3) is 2.99. The lowest BCUT2D eigenvalue weighted by Crippen LogP contribution is -2.47. The van der Waals surface area contributed by atoms with Gasteiger partial charge >= 0.3 is 0 Å². The number of hydrogen-bond donors (Lipinski definition) is 1. The van der Waals surface area contributed by atoms with E-state index >= 15 is 0 Å². The minimum absolute atomic E-state index is 0.663. The Balaban J connectivity index is 1.69. The standard InChI is InChI=1S/C17H27N3/c1-14-13-19(2)10-5-11-20(14)16-9-8-15-6-3-4-7-17(15)18-12-16/h3-4,6-7,14,16,18H,5,8-13H2,1-2H3. The molecule has 1 aromatic rings. The number of hydrogen-bond acceptors (Lipinski definition) is 3. The molecule has 0 spiro atoms. The number of fused-ring (bicyclic) bond motifs is 1. The minimum atomic E-state index is 0.663. The lowest BCUT2D eigenvalue weighted by atomic mass is 10.0.